The van der Waals surface area contributed by atoms with E-state index in [1.807, 2.05) is 17.0 Å². The van der Waals surface area contributed by atoms with E-state index in [0.717, 1.165) is 64.0 Å². The van der Waals surface area contributed by atoms with Crippen molar-refractivity contribution in [1.29, 1.82) is 0 Å². The van der Waals surface area contributed by atoms with Gasteiger partial charge >= 0.3 is 0 Å². The molecule has 2 aliphatic rings. The van der Waals surface area contributed by atoms with Crippen molar-refractivity contribution in [3.8, 4) is 0 Å². The number of likely N-dealkylation sites (tertiary alicyclic amines) is 2. The second-order valence-corrected chi connectivity index (χ2v) is 9.02. The largest absolute Gasteiger partial charge is 0.342 e. The normalized spacial score (nSPS) is 19.5. The van der Waals surface area contributed by atoms with Crippen molar-refractivity contribution < 1.29 is 9.59 Å². The molecule has 2 aliphatic heterocycles. The Kier molecular flexibility index (Phi) is 6.76. The van der Waals surface area contributed by atoms with E-state index in [9.17, 15) is 9.59 Å². The Balaban J connectivity index is 1.51. The fourth-order valence-electron chi connectivity index (χ4n) is 4.63. The third-order valence-corrected chi connectivity index (χ3v) is 6.40. The van der Waals surface area contributed by atoms with Crippen LogP contribution < -0.4 is 0 Å². The molecule has 2 saturated heterocycles. The van der Waals surface area contributed by atoms with Crippen LogP contribution in [0.2, 0.25) is 0 Å². The van der Waals surface area contributed by atoms with Gasteiger partial charge in [0.15, 0.2) is 0 Å². The summed E-state index contributed by atoms with van der Waals surface area (Å²) in [7, 11) is 4.14. The Morgan fingerprint density at radius 3 is 2.61 bits per heavy atom. The van der Waals surface area contributed by atoms with Crippen molar-refractivity contribution >= 4 is 11.8 Å². The van der Waals surface area contributed by atoms with E-state index in [-0.39, 0.29) is 11.3 Å². The highest BCUT2D eigenvalue weighted by Gasteiger charge is 2.41. The number of carbonyl (C=O) groups excluding carboxylic acids is 2. The third-order valence-electron chi connectivity index (χ3n) is 6.40. The number of hydrogen-bond acceptors (Lipinski definition) is 3. The van der Waals surface area contributed by atoms with E-state index in [0.29, 0.717) is 18.7 Å². The first-order chi connectivity index (χ1) is 13.4. The summed E-state index contributed by atoms with van der Waals surface area (Å²) in [4.78, 5) is 31.4. The van der Waals surface area contributed by atoms with Gasteiger partial charge in [-0.25, -0.2) is 0 Å². The molecule has 0 aromatic heterocycles. The van der Waals surface area contributed by atoms with Gasteiger partial charge in [0.2, 0.25) is 11.8 Å². The van der Waals surface area contributed by atoms with Crippen LogP contribution in [0, 0.1) is 12.3 Å². The summed E-state index contributed by atoms with van der Waals surface area (Å²) in [5.41, 5.74) is 2.51. The van der Waals surface area contributed by atoms with E-state index < -0.39 is 0 Å². The smallest absolute Gasteiger partial charge is 0.226 e. The molecule has 2 fully saturated rings. The molecule has 0 N–H and O–H groups in total. The van der Waals surface area contributed by atoms with Gasteiger partial charge in [0.1, 0.15) is 0 Å². The standard InChI is InChI=1S/C23H35N3O2/c1-19-6-4-7-20(16-19)17-22(28)25-14-10-23(11-15-25)9-8-21(27)26(18-23)13-5-12-24(2)3/h4,6-7,16H,5,8-15,17-18H2,1-3H3. The average molecular weight is 386 g/mol. The predicted molar refractivity (Wildman–Crippen MR) is 112 cm³/mol. The molecular formula is C23H35N3O2. The first-order valence-electron chi connectivity index (χ1n) is 10.6. The Morgan fingerprint density at radius 1 is 1.18 bits per heavy atom. The maximum Gasteiger partial charge on any atom is 0.226 e. The molecule has 0 bridgehead atoms. The minimum Gasteiger partial charge on any atom is -0.342 e. The highest BCUT2D eigenvalue weighted by atomic mass is 16.2. The van der Waals surface area contributed by atoms with E-state index in [1.54, 1.807) is 0 Å². The summed E-state index contributed by atoms with van der Waals surface area (Å²) in [6.07, 6.45) is 5.20. The monoisotopic (exact) mass is 385 g/mol. The fraction of sp³-hybridized carbons (Fsp3) is 0.652. The molecule has 28 heavy (non-hydrogen) atoms. The van der Waals surface area contributed by atoms with Crippen molar-refractivity contribution in [3.63, 3.8) is 0 Å². The number of benzene rings is 1. The van der Waals surface area contributed by atoms with Gasteiger partial charge in [-0.15, -0.1) is 0 Å². The molecule has 0 radical (unpaired) electrons. The molecule has 5 nitrogen and oxygen atoms in total. The molecule has 2 heterocycles. The number of rotatable bonds is 6. The highest BCUT2D eigenvalue weighted by molar-refractivity contribution is 5.79. The van der Waals surface area contributed by atoms with Crippen molar-refractivity contribution in [2.75, 3.05) is 46.8 Å². The van der Waals surface area contributed by atoms with E-state index in [2.05, 4.69) is 43.0 Å². The van der Waals surface area contributed by atoms with E-state index in [1.165, 1.54) is 5.56 Å². The van der Waals surface area contributed by atoms with Crippen molar-refractivity contribution in [2.45, 2.75) is 45.4 Å². The van der Waals surface area contributed by atoms with Crippen molar-refractivity contribution in [3.05, 3.63) is 35.4 Å². The van der Waals surface area contributed by atoms with Crippen LogP contribution in [0.1, 0.15) is 43.2 Å². The molecule has 2 amide bonds. The zero-order valence-corrected chi connectivity index (χ0v) is 17.7. The summed E-state index contributed by atoms with van der Waals surface area (Å²) in [5.74, 6) is 0.539. The second-order valence-electron chi connectivity index (χ2n) is 9.02. The summed E-state index contributed by atoms with van der Waals surface area (Å²) < 4.78 is 0. The number of nitrogens with zero attached hydrogens (tertiary/aromatic N) is 3. The van der Waals surface area contributed by atoms with Gasteiger partial charge < -0.3 is 14.7 Å². The van der Waals surface area contributed by atoms with Gasteiger partial charge in [0.25, 0.3) is 0 Å². The quantitative estimate of drug-likeness (QED) is 0.756. The zero-order chi connectivity index (χ0) is 20.1. The lowest BCUT2D eigenvalue weighted by Crippen LogP contribution is -2.52. The molecule has 0 saturated carbocycles. The van der Waals surface area contributed by atoms with E-state index >= 15 is 0 Å². The van der Waals surface area contributed by atoms with Crippen LogP contribution in [-0.2, 0) is 16.0 Å². The molecule has 1 aromatic carbocycles. The second kappa shape index (κ2) is 9.08. The van der Waals surface area contributed by atoms with Gasteiger partial charge in [-0.1, -0.05) is 29.8 Å². The van der Waals surface area contributed by atoms with Crippen LogP contribution in [-0.4, -0.2) is 73.3 Å². The van der Waals surface area contributed by atoms with Crippen LogP contribution in [0.3, 0.4) is 0 Å². The number of aryl methyl sites for hydroxylation is 1. The van der Waals surface area contributed by atoms with Gasteiger partial charge in [-0.3, -0.25) is 9.59 Å². The number of hydrogen-bond donors (Lipinski definition) is 0. The molecule has 1 aromatic rings. The van der Waals surface area contributed by atoms with Crippen LogP contribution in [0.15, 0.2) is 24.3 Å². The van der Waals surface area contributed by atoms with E-state index in [4.69, 9.17) is 0 Å². The number of carbonyl (C=O) groups is 2. The molecule has 0 atom stereocenters. The SMILES string of the molecule is Cc1cccc(CC(=O)N2CCC3(CCC(=O)N(CCCN(C)C)C3)CC2)c1. The van der Waals surface area contributed by atoms with Gasteiger partial charge in [-0.05, 0) is 64.2 Å². The first-order valence-corrected chi connectivity index (χ1v) is 10.6. The zero-order valence-electron chi connectivity index (χ0n) is 17.7. The lowest BCUT2D eigenvalue weighted by molar-refractivity contribution is -0.142. The minimum absolute atomic E-state index is 0.214. The molecule has 0 aliphatic carbocycles. The third kappa shape index (κ3) is 5.34. The average Bonchev–Trinajstić information content (AvgIpc) is 2.65. The predicted octanol–water partition coefficient (Wildman–Crippen LogP) is 2.72. The maximum atomic E-state index is 12.7. The van der Waals surface area contributed by atoms with Crippen molar-refractivity contribution in [2.24, 2.45) is 5.41 Å². The van der Waals surface area contributed by atoms with Gasteiger partial charge in [0, 0.05) is 32.6 Å². The molecule has 1 spiro atoms. The van der Waals surface area contributed by atoms with Crippen LogP contribution in [0.4, 0.5) is 0 Å². The molecule has 0 unspecified atom stereocenters. The number of amides is 2. The molecular weight excluding hydrogens is 350 g/mol. The topological polar surface area (TPSA) is 43.9 Å². The first kappa shape index (κ1) is 20.8. The Bertz CT molecular complexity index is 693. The Morgan fingerprint density at radius 2 is 1.93 bits per heavy atom. The summed E-state index contributed by atoms with van der Waals surface area (Å²) in [6, 6.07) is 8.22. The molecule has 3 rings (SSSR count). The maximum absolute atomic E-state index is 12.7. The summed E-state index contributed by atoms with van der Waals surface area (Å²) >= 11 is 0. The molecule has 154 valence electrons. The van der Waals surface area contributed by atoms with Crippen LogP contribution in [0.5, 0.6) is 0 Å². The summed E-state index contributed by atoms with van der Waals surface area (Å²) in [6.45, 7) is 6.45. The lowest BCUT2D eigenvalue weighted by Gasteiger charge is -2.47. The molecule has 5 heteroatoms. The summed E-state index contributed by atoms with van der Waals surface area (Å²) in [5, 5.41) is 0. The lowest BCUT2D eigenvalue weighted by atomic mass is 9.72. The number of piperidine rings is 2. The van der Waals surface area contributed by atoms with Gasteiger partial charge in [0.05, 0.1) is 6.42 Å². The van der Waals surface area contributed by atoms with Crippen LogP contribution >= 0.6 is 0 Å². The van der Waals surface area contributed by atoms with Crippen molar-refractivity contribution in [1.82, 2.24) is 14.7 Å². The van der Waals surface area contributed by atoms with Gasteiger partial charge in [-0.2, -0.15) is 0 Å². The Labute approximate surface area is 169 Å². The highest BCUT2D eigenvalue weighted by Crippen LogP contribution is 2.40. The Hall–Kier alpha value is -1.88. The van der Waals surface area contributed by atoms with Crippen LogP contribution in [0.25, 0.3) is 0 Å². The fourth-order valence-corrected chi connectivity index (χ4v) is 4.63. The minimum atomic E-state index is 0.214.